The maximum Gasteiger partial charge on any atom is 0.0441 e. The molecule has 0 unspecified atom stereocenters. The lowest BCUT2D eigenvalue weighted by atomic mass is 10.1. The van der Waals surface area contributed by atoms with Crippen molar-refractivity contribution in [3.8, 4) is 0 Å². The maximum absolute atomic E-state index is 5.94. The molecule has 0 bridgehead atoms. The third-order valence-electron chi connectivity index (χ3n) is 2.55. The van der Waals surface area contributed by atoms with Gasteiger partial charge in [-0.15, -0.1) is 0 Å². The predicted octanol–water partition coefficient (Wildman–Crippen LogP) is 5.12. The van der Waals surface area contributed by atoms with E-state index >= 15 is 0 Å². The Hall–Kier alpha value is -1.44. The van der Waals surface area contributed by atoms with Crippen LogP contribution in [0.4, 0.5) is 5.69 Å². The first kappa shape index (κ1) is 13.0. The summed E-state index contributed by atoms with van der Waals surface area (Å²) in [5.74, 6) is 0. The molecule has 0 aliphatic carbocycles. The Morgan fingerprint density at radius 2 is 1.61 bits per heavy atom. The van der Waals surface area contributed by atoms with Crippen molar-refractivity contribution >= 4 is 34.5 Å². The van der Waals surface area contributed by atoms with Crippen LogP contribution in [0.15, 0.2) is 55.1 Å². The first-order valence-corrected chi connectivity index (χ1v) is 6.34. The van der Waals surface area contributed by atoms with Gasteiger partial charge in [-0.05, 0) is 29.3 Å². The lowest BCUT2D eigenvalue weighted by molar-refractivity contribution is 1.34. The van der Waals surface area contributed by atoms with Gasteiger partial charge in [0.25, 0.3) is 0 Å². The minimum Gasteiger partial charge on any atom is -0.381 e. The lowest BCUT2D eigenvalue weighted by Crippen LogP contribution is -2.03. The van der Waals surface area contributed by atoms with Crippen molar-refractivity contribution in [2.75, 3.05) is 11.9 Å². The molecule has 0 amide bonds. The summed E-state index contributed by atoms with van der Waals surface area (Å²) in [5, 5.41) is 4.50. The molecule has 0 fully saturated rings. The summed E-state index contributed by atoms with van der Waals surface area (Å²) in [6.07, 6.45) is 0. The molecule has 0 spiro atoms. The quantitative estimate of drug-likeness (QED) is 0.818. The van der Waals surface area contributed by atoms with Crippen LogP contribution < -0.4 is 5.32 Å². The maximum atomic E-state index is 5.94. The van der Waals surface area contributed by atoms with Gasteiger partial charge in [0.15, 0.2) is 0 Å². The van der Waals surface area contributed by atoms with E-state index in [4.69, 9.17) is 23.2 Å². The van der Waals surface area contributed by atoms with Crippen LogP contribution >= 0.6 is 23.2 Å². The van der Waals surface area contributed by atoms with Gasteiger partial charge < -0.3 is 5.32 Å². The minimum absolute atomic E-state index is 0.621. The van der Waals surface area contributed by atoms with Crippen molar-refractivity contribution in [3.05, 3.63) is 70.7 Å². The molecule has 0 atom stereocenters. The standard InChI is InChI=1S/C15H13Cl2N/c1-11(12-5-3-2-4-6-12)10-18-15-8-13(16)7-14(17)9-15/h2-9,18H,1,10H2. The van der Waals surface area contributed by atoms with Gasteiger partial charge in [-0.2, -0.15) is 0 Å². The first-order valence-electron chi connectivity index (χ1n) is 5.58. The number of halogens is 2. The zero-order valence-electron chi connectivity index (χ0n) is 9.79. The largest absolute Gasteiger partial charge is 0.381 e. The van der Waals surface area contributed by atoms with Crippen molar-refractivity contribution in [2.45, 2.75) is 0 Å². The minimum atomic E-state index is 0.621. The smallest absolute Gasteiger partial charge is 0.0441 e. The Morgan fingerprint density at radius 3 is 2.22 bits per heavy atom. The van der Waals surface area contributed by atoms with Gasteiger partial charge in [0.1, 0.15) is 0 Å². The fourth-order valence-corrected chi connectivity index (χ4v) is 2.17. The average molecular weight is 278 g/mol. The molecule has 0 saturated heterocycles. The summed E-state index contributed by atoms with van der Waals surface area (Å²) in [7, 11) is 0. The molecule has 1 nitrogen and oxygen atoms in total. The van der Waals surface area contributed by atoms with E-state index in [2.05, 4.69) is 11.9 Å². The average Bonchev–Trinajstić information content (AvgIpc) is 2.36. The number of nitrogens with one attached hydrogen (secondary N) is 1. The number of benzene rings is 2. The zero-order chi connectivity index (χ0) is 13.0. The Morgan fingerprint density at radius 1 is 1.00 bits per heavy atom. The molecule has 3 heteroatoms. The topological polar surface area (TPSA) is 12.0 Å². The van der Waals surface area contributed by atoms with Gasteiger partial charge >= 0.3 is 0 Å². The second kappa shape index (κ2) is 5.94. The molecule has 18 heavy (non-hydrogen) atoms. The molecule has 2 aromatic carbocycles. The van der Waals surface area contributed by atoms with Crippen LogP contribution in [-0.4, -0.2) is 6.54 Å². The second-order valence-corrected chi connectivity index (χ2v) is 4.85. The molecule has 2 aromatic rings. The van der Waals surface area contributed by atoms with Gasteiger partial charge in [0.2, 0.25) is 0 Å². The van der Waals surface area contributed by atoms with E-state index in [0.29, 0.717) is 16.6 Å². The molecule has 0 aromatic heterocycles. The van der Waals surface area contributed by atoms with E-state index in [1.807, 2.05) is 42.5 Å². The highest BCUT2D eigenvalue weighted by Gasteiger charge is 2.00. The van der Waals surface area contributed by atoms with Crippen LogP contribution in [0.1, 0.15) is 5.56 Å². The second-order valence-electron chi connectivity index (χ2n) is 3.98. The van der Waals surface area contributed by atoms with Gasteiger partial charge in [0.05, 0.1) is 0 Å². The first-order chi connectivity index (χ1) is 8.65. The highest BCUT2D eigenvalue weighted by atomic mass is 35.5. The van der Waals surface area contributed by atoms with Crippen molar-refractivity contribution in [2.24, 2.45) is 0 Å². The van der Waals surface area contributed by atoms with E-state index in [1.54, 1.807) is 6.07 Å². The van der Waals surface area contributed by atoms with E-state index in [0.717, 1.165) is 16.8 Å². The SMILES string of the molecule is C=C(CNc1cc(Cl)cc(Cl)c1)c1ccccc1. The molecular weight excluding hydrogens is 265 g/mol. The van der Waals surface area contributed by atoms with Crippen LogP contribution in [0.3, 0.4) is 0 Å². The van der Waals surface area contributed by atoms with Crippen LogP contribution in [0.5, 0.6) is 0 Å². The van der Waals surface area contributed by atoms with Gasteiger partial charge in [0, 0.05) is 22.3 Å². The zero-order valence-corrected chi connectivity index (χ0v) is 11.3. The summed E-state index contributed by atoms with van der Waals surface area (Å²) >= 11 is 11.9. The normalized spacial score (nSPS) is 10.1. The van der Waals surface area contributed by atoms with Crippen LogP contribution in [0.25, 0.3) is 5.57 Å². The summed E-state index contributed by atoms with van der Waals surface area (Å²) in [4.78, 5) is 0. The molecule has 0 aliphatic heterocycles. The summed E-state index contributed by atoms with van der Waals surface area (Å²) in [6.45, 7) is 4.71. The van der Waals surface area contributed by atoms with Crippen LogP contribution in [0.2, 0.25) is 10.0 Å². The predicted molar refractivity (Wildman–Crippen MR) is 80.4 cm³/mol. The highest BCUT2D eigenvalue weighted by molar-refractivity contribution is 6.35. The van der Waals surface area contributed by atoms with Gasteiger partial charge in [-0.1, -0.05) is 60.1 Å². The molecule has 92 valence electrons. The third kappa shape index (κ3) is 3.52. The monoisotopic (exact) mass is 277 g/mol. The number of hydrogen-bond acceptors (Lipinski definition) is 1. The fourth-order valence-electron chi connectivity index (χ4n) is 1.64. The molecule has 1 N–H and O–H groups in total. The Balaban J connectivity index is 2.02. The molecule has 2 rings (SSSR count). The van der Waals surface area contributed by atoms with E-state index in [-0.39, 0.29) is 0 Å². The Bertz CT molecular complexity index is 529. The Labute approximate surface area is 117 Å². The van der Waals surface area contributed by atoms with Crippen molar-refractivity contribution in [3.63, 3.8) is 0 Å². The van der Waals surface area contributed by atoms with Crippen molar-refractivity contribution in [1.29, 1.82) is 0 Å². The van der Waals surface area contributed by atoms with E-state index < -0.39 is 0 Å². The summed E-state index contributed by atoms with van der Waals surface area (Å²) in [5.41, 5.74) is 3.04. The van der Waals surface area contributed by atoms with Crippen LogP contribution in [0, 0.1) is 0 Å². The molecule has 0 radical (unpaired) electrons. The number of anilines is 1. The summed E-state index contributed by atoms with van der Waals surface area (Å²) < 4.78 is 0. The van der Waals surface area contributed by atoms with Gasteiger partial charge in [-0.25, -0.2) is 0 Å². The fraction of sp³-hybridized carbons (Fsp3) is 0.0667. The molecule has 0 saturated carbocycles. The lowest BCUT2D eigenvalue weighted by Gasteiger charge is -2.10. The number of rotatable bonds is 4. The molecule has 0 heterocycles. The van der Waals surface area contributed by atoms with Crippen molar-refractivity contribution < 1.29 is 0 Å². The Kier molecular flexibility index (Phi) is 4.29. The van der Waals surface area contributed by atoms with Crippen LogP contribution in [-0.2, 0) is 0 Å². The molecule has 0 aliphatic rings. The molecular formula is C15H13Cl2N. The van der Waals surface area contributed by atoms with Gasteiger partial charge in [-0.3, -0.25) is 0 Å². The van der Waals surface area contributed by atoms with E-state index in [1.165, 1.54) is 0 Å². The third-order valence-corrected chi connectivity index (χ3v) is 2.99. The highest BCUT2D eigenvalue weighted by Crippen LogP contribution is 2.23. The number of hydrogen-bond donors (Lipinski definition) is 1. The summed E-state index contributed by atoms with van der Waals surface area (Å²) in [6, 6.07) is 15.4. The van der Waals surface area contributed by atoms with Crippen molar-refractivity contribution in [1.82, 2.24) is 0 Å². The van der Waals surface area contributed by atoms with E-state index in [9.17, 15) is 0 Å².